The summed E-state index contributed by atoms with van der Waals surface area (Å²) in [6, 6.07) is 6.76. The highest BCUT2D eigenvalue weighted by Crippen LogP contribution is 2.23. The summed E-state index contributed by atoms with van der Waals surface area (Å²) in [4.78, 5) is 11.3. The summed E-state index contributed by atoms with van der Waals surface area (Å²) in [5, 5.41) is 17.4. The van der Waals surface area contributed by atoms with Crippen LogP contribution in [-0.2, 0) is 5.88 Å². The summed E-state index contributed by atoms with van der Waals surface area (Å²) >= 11 is 5.86. The van der Waals surface area contributed by atoms with Crippen LogP contribution in [-0.4, -0.2) is 25.8 Å². The van der Waals surface area contributed by atoms with E-state index in [1.165, 1.54) is 0 Å². The lowest BCUT2D eigenvalue weighted by Crippen LogP contribution is -2.11. The van der Waals surface area contributed by atoms with E-state index in [0.717, 1.165) is 0 Å². The topological polar surface area (TPSA) is 68.0 Å². The lowest BCUT2D eigenvalue weighted by molar-refractivity contribution is 0.0697. The zero-order chi connectivity index (χ0) is 14.0. The van der Waals surface area contributed by atoms with Gasteiger partial charge in [0.05, 0.1) is 17.1 Å². The molecule has 5 nitrogen and oxygen atoms in total. The Morgan fingerprint density at radius 2 is 2.05 bits per heavy atom. The molecule has 0 fully saturated rings. The molecule has 0 aliphatic carbocycles. The molecule has 2 rings (SSSR count). The van der Waals surface area contributed by atoms with Crippen molar-refractivity contribution in [2.45, 2.75) is 25.6 Å². The fraction of sp³-hybridized carbons (Fsp3) is 0.308. The number of nitrogens with zero attached hydrogens (tertiary/aromatic N) is 3. The van der Waals surface area contributed by atoms with Crippen LogP contribution < -0.4 is 0 Å². The van der Waals surface area contributed by atoms with Gasteiger partial charge in [-0.3, -0.25) is 4.57 Å². The highest BCUT2D eigenvalue weighted by atomic mass is 35.5. The third kappa shape index (κ3) is 2.46. The molecule has 0 aliphatic heterocycles. The number of aromatic nitrogens is 3. The van der Waals surface area contributed by atoms with Crippen molar-refractivity contribution in [1.29, 1.82) is 0 Å². The molecule has 0 unspecified atom stereocenters. The molecule has 0 radical (unpaired) electrons. The molecular weight excluding hydrogens is 266 g/mol. The van der Waals surface area contributed by atoms with Crippen LogP contribution in [0.5, 0.6) is 0 Å². The lowest BCUT2D eigenvalue weighted by atomic mass is 10.1. The Morgan fingerprint density at radius 3 is 2.63 bits per heavy atom. The van der Waals surface area contributed by atoms with Crippen molar-refractivity contribution in [2.75, 3.05) is 0 Å². The van der Waals surface area contributed by atoms with Gasteiger partial charge in [0.2, 0.25) is 0 Å². The second kappa shape index (κ2) is 5.40. The first kappa shape index (κ1) is 13.5. The van der Waals surface area contributed by atoms with Crippen molar-refractivity contribution in [3.05, 3.63) is 41.5 Å². The maximum Gasteiger partial charge on any atom is 0.337 e. The first-order valence-electron chi connectivity index (χ1n) is 5.89. The molecule has 0 spiro atoms. The van der Waals surface area contributed by atoms with E-state index in [-0.39, 0.29) is 17.4 Å². The fourth-order valence-corrected chi connectivity index (χ4v) is 2.08. The molecule has 1 heterocycles. The zero-order valence-electron chi connectivity index (χ0n) is 10.7. The quantitative estimate of drug-likeness (QED) is 0.874. The van der Waals surface area contributed by atoms with Gasteiger partial charge in [-0.2, -0.15) is 0 Å². The van der Waals surface area contributed by atoms with Crippen LogP contribution in [0.1, 0.15) is 41.8 Å². The molecule has 0 amide bonds. The van der Waals surface area contributed by atoms with Crippen molar-refractivity contribution >= 4 is 17.6 Å². The highest BCUT2D eigenvalue weighted by Gasteiger charge is 2.20. The number of alkyl halides is 1. The minimum Gasteiger partial charge on any atom is -0.478 e. The van der Waals surface area contributed by atoms with Gasteiger partial charge >= 0.3 is 5.97 Å². The van der Waals surface area contributed by atoms with Crippen LogP contribution in [0.2, 0.25) is 0 Å². The maximum absolute atomic E-state index is 11.3. The average molecular weight is 280 g/mol. The molecular formula is C13H14ClN3O2. The number of carbonyl (C=O) groups is 1. The number of carboxylic acids is 1. The Balaban J connectivity index is 2.71. The van der Waals surface area contributed by atoms with Crippen molar-refractivity contribution in [3.63, 3.8) is 0 Å². The van der Waals surface area contributed by atoms with Gasteiger partial charge in [-0.1, -0.05) is 26.0 Å². The second-order valence-electron chi connectivity index (χ2n) is 4.42. The van der Waals surface area contributed by atoms with E-state index in [4.69, 9.17) is 11.6 Å². The predicted molar refractivity (Wildman–Crippen MR) is 72.0 cm³/mol. The second-order valence-corrected chi connectivity index (χ2v) is 4.69. The molecule has 0 aliphatic rings. The van der Waals surface area contributed by atoms with Gasteiger partial charge in [-0.15, -0.1) is 21.8 Å². The normalized spacial score (nSPS) is 10.9. The Bertz CT molecular complexity index is 608. The third-order valence-electron chi connectivity index (χ3n) is 2.77. The zero-order valence-corrected chi connectivity index (χ0v) is 11.4. The number of hydrogen-bond donors (Lipinski definition) is 1. The SMILES string of the molecule is CC(C)c1nnc(CCl)n1-c1ccccc1C(=O)O. The highest BCUT2D eigenvalue weighted by molar-refractivity contribution is 6.16. The van der Waals surface area contributed by atoms with Crippen LogP contribution in [0.15, 0.2) is 24.3 Å². The van der Waals surface area contributed by atoms with Crippen molar-refractivity contribution in [3.8, 4) is 5.69 Å². The van der Waals surface area contributed by atoms with Crippen molar-refractivity contribution in [1.82, 2.24) is 14.8 Å². The van der Waals surface area contributed by atoms with E-state index in [2.05, 4.69) is 10.2 Å². The van der Waals surface area contributed by atoms with Gasteiger partial charge in [-0.25, -0.2) is 4.79 Å². The number of halogens is 1. The smallest absolute Gasteiger partial charge is 0.337 e. The standard InChI is InChI=1S/C13H14ClN3O2/c1-8(2)12-16-15-11(7-14)17(12)10-6-4-3-5-9(10)13(18)19/h3-6,8H,7H2,1-2H3,(H,18,19). The summed E-state index contributed by atoms with van der Waals surface area (Å²) in [7, 11) is 0. The van der Waals surface area contributed by atoms with E-state index in [0.29, 0.717) is 17.3 Å². The van der Waals surface area contributed by atoms with Crippen LogP contribution in [0.25, 0.3) is 5.69 Å². The minimum atomic E-state index is -0.987. The summed E-state index contributed by atoms with van der Waals surface area (Å²) in [5.74, 6) is 0.544. The first-order valence-corrected chi connectivity index (χ1v) is 6.42. The molecule has 1 N–H and O–H groups in total. The molecule has 1 aromatic heterocycles. The number of hydrogen-bond acceptors (Lipinski definition) is 3. The van der Waals surface area contributed by atoms with Crippen LogP contribution >= 0.6 is 11.6 Å². The molecule has 6 heteroatoms. The summed E-state index contributed by atoms with van der Waals surface area (Å²) in [6.45, 7) is 3.95. The van der Waals surface area contributed by atoms with Gasteiger partial charge in [0, 0.05) is 5.92 Å². The Hall–Kier alpha value is -1.88. The predicted octanol–water partition coefficient (Wildman–Crippen LogP) is 2.83. The molecule has 19 heavy (non-hydrogen) atoms. The summed E-state index contributed by atoms with van der Waals surface area (Å²) in [5.41, 5.74) is 0.745. The Labute approximate surface area is 115 Å². The van der Waals surface area contributed by atoms with Crippen LogP contribution in [0.4, 0.5) is 0 Å². The molecule has 0 atom stereocenters. The number of carboxylic acid groups (broad SMARTS) is 1. The van der Waals surface area contributed by atoms with E-state index >= 15 is 0 Å². The van der Waals surface area contributed by atoms with E-state index in [1.54, 1.807) is 28.8 Å². The van der Waals surface area contributed by atoms with Crippen molar-refractivity contribution < 1.29 is 9.90 Å². The molecule has 100 valence electrons. The van der Waals surface area contributed by atoms with Gasteiger partial charge < -0.3 is 5.11 Å². The number of rotatable bonds is 4. The molecule has 1 aromatic carbocycles. The van der Waals surface area contributed by atoms with Crippen molar-refractivity contribution in [2.24, 2.45) is 0 Å². The number of para-hydroxylation sites is 1. The van der Waals surface area contributed by atoms with Gasteiger partial charge in [0.1, 0.15) is 5.82 Å². The van der Waals surface area contributed by atoms with Gasteiger partial charge in [0.25, 0.3) is 0 Å². The van der Waals surface area contributed by atoms with E-state index in [1.807, 2.05) is 13.8 Å². The Morgan fingerprint density at radius 1 is 1.37 bits per heavy atom. The van der Waals surface area contributed by atoms with Gasteiger partial charge in [0.15, 0.2) is 5.82 Å². The first-order chi connectivity index (χ1) is 9.06. The third-order valence-corrected chi connectivity index (χ3v) is 3.01. The number of aromatic carboxylic acids is 1. The summed E-state index contributed by atoms with van der Waals surface area (Å²) < 4.78 is 1.72. The lowest BCUT2D eigenvalue weighted by Gasteiger charge is -2.13. The minimum absolute atomic E-state index is 0.117. The van der Waals surface area contributed by atoms with E-state index in [9.17, 15) is 9.90 Å². The van der Waals surface area contributed by atoms with Gasteiger partial charge in [-0.05, 0) is 12.1 Å². The largest absolute Gasteiger partial charge is 0.478 e. The summed E-state index contributed by atoms with van der Waals surface area (Å²) in [6.07, 6.45) is 0. The fourth-order valence-electron chi connectivity index (χ4n) is 1.90. The monoisotopic (exact) mass is 279 g/mol. The average Bonchev–Trinajstić information content (AvgIpc) is 2.82. The molecule has 2 aromatic rings. The molecule has 0 saturated heterocycles. The maximum atomic E-state index is 11.3. The van der Waals surface area contributed by atoms with E-state index < -0.39 is 5.97 Å². The van der Waals surface area contributed by atoms with Crippen LogP contribution in [0.3, 0.4) is 0 Å². The molecule has 0 saturated carbocycles. The molecule has 0 bridgehead atoms. The number of benzene rings is 1. The van der Waals surface area contributed by atoms with Crippen LogP contribution in [0, 0.1) is 0 Å². The Kier molecular flexibility index (Phi) is 3.85.